The molecule has 1 aliphatic heterocycles. The van der Waals surface area contributed by atoms with Gasteiger partial charge in [0.2, 0.25) is 10.0 Å². The number of nitrogens with zero attached hydrogens (tertiary/aromatic N) is 3. The van der Waals surface area contributed by atoms with Gasteiger partial charge in [-0.3, -0.25) is 0 Å². The van der Waals surface area contributed by atoms with Gasteiger partial charge >= 0.3 is 0 Å². The minimum Gasteiger partial charge on any atom is -0.357 e. The van der Waals surface area contributed by atoms with Gasteiger partial charge in [-0.2, -0.15) is 0 Å². The van der Waals surface area contributed by atoms with Crippen molar-refractivity contribution in [3.8, 4) is 0 Å². The molecule has 2 heterocycles. The van der Waals surface area contributed by atoms with Gasteiger partial charge in [-0.15, -0.1) is 0 Å². The molecule has 1 aromatic carbocycles. The van der Waals surface area contributed by atoms with Crippen LogP contribution in [0.5, 0.6) is 0 Å². The summed E-state index contributed by atoms with van der Waals surface area (Å²) in [5, 5.41) is 0. The third kappa shape index (κ3) is 3.85. The summed E-state index contributed by atoms with van der Waals surface area (Å²) in [4.78, 5) is 9.98. The second-order valence-corrected chi connectivity index (χ2v) is 7.22. The molecular weight excluding hydrogens is 338 g/mol. The Bertz CT molecular complexity index is 819. The molecule has 9 heteroatoms. The highest BCUT2D eigenvalue weighted by molar-refractivity contribution is 7.89. The van der Waals surface area contributed by atoms with Gasteiger partial charge in [-0.05, 0) is 31.0 Å². The standard InChI is InChI=1S/C15H16F2N4O2S/c16-11-7-12(17)9-13(8-11)24(22,23)19-10-14-18-4-3-15(20-14)21-5-1-2-6-21/h3-4,7-9,19H,1-2,5-6,10H2. The Morgan fingerprint density at radius 3 is 2.46 bits per heavy atom. The smallest absolute Gasteiger partial charge is 0.241 e. The largest absolute Gasteiger partial charge is 0.357 e. The van der Waals surface area contributed by atoms with E-state index in [1.807, 2.05) is 0 Å². The number of aromatic nitrogens is 2. The molecule has 24 heavy (non-hydrogen) atoms. The second-order valence-electron chi connectivity index (χ2n) is 5.45. The normalized spacial score (nSPS) is 15.0. The van der Waals surface area contributed by atoms with Crippen LogP contribution in [0.1, 0.15) is 18.7 Å². The summed E-state index contributed by atoms with van der Waals surface area (Å²) >= 11 is 0. The lowest BCUT2D eigenvalue weighted by Gasteiger charge is -2.16. The van der Waals surface area contributed by atoms with Crippen LogP contribution in [0.15, 0.2) is 35.4 Å². The number of anilines is 1. The Labute approximate surface area is 138 Å². The van der Waals surface area contributed by atoms with E-state index >= 15 is 0 Å². The molecule has 1 fully saturated rings. The molecule has 0 bridgehead atoms. The number of hydrogen-bond donors (Lipinski definition) is 1. The quantitative estimate of drug-likeness (QED) is 0.887. The molecule has 1 saturated heterocycles. The zero-order valence-electron chi connectivity index (χ0n) is 12.7. The highest BCUT2D eigenvalue weighted by atomic mass is 32.2. The topological polar surface area (TPSA) is 75.2 Å². The molecular formula is C15H16F2N4O2S. The molecule has 3 rings (SSSR count). The molecule has 0 radical (unpaired) electrons. The van der Waals surface area contributed by atoms with Gasteiger partial charge in [0.25, 0.3) is 0 Å². The van der Waals surface area contributed by atoms with Gasteiger partial charge in [0.15, 0.2) is 0 Å². The van der Waals surface area contributed by atoms with E-state index in [4.69, 9.17) is 0 Å². The zero-order chi connectivity index (χ0) is 17.2. The third-order valence-corrected chi connectivity index (χ3v) is 5.07. The van der Waals surface area contributed by atoms with Crippen molar-refractivity contribution in [2.24, 2.45) is 0 Å². The fourth-order valence-electron chi connectivity index (χ4n) is 2.52. The second kappa shape index (κ2) is 6.78. The van der Waals surface area contributed by atoms with E-state index in [1.54, 1.807) is 12.3 Å². The third-order valence-electron chi connectivity index (χ3n) is 3.69. The van der Waals surface area contributed by atoms with Gasteiger partial charge in [-0.25, -0.2) is 31.9 Å². The summed E-state index contributed by atoms with van der Waals surface area (Å²) in [6, 6.07) is 3.90. The highest BCUT2D eigenvalue weighted by Gasteiger charge is 2.18. The Morgan fingerprint density at radius 2 is 1.79 bits per heavy atom. The van der Waals surface area contributed by atoms with Gasteiger partial charge in [-0.1, -0.05) is 0 Å². The zero-order valence-corrected chi connectivity index (χ0v) is 13.6. The molecule has 0 amide bonds. The van der Waals surface area contributed by atoms with Crippen LogP contribution in [0.2, 0.25) is 0 Å². The van der Waals surface area contributed by atoms with Gasteiger partial charge < -0.3 is 4.90 Å². The predicted octanol–water partition coefficient (Wildman–Crippen LogP) is 1.83. The van der Waals surface area contributed by atoms with E-state index < -0.39 is 26.6 Å². The number of halogens is 2. The molecule has 1 aromatic heterocycles. The van der Waals surface area contributed by atoms with Crippen LogP contribution in [0.3, 0.4) is 0 Å². The number of rotatable bonds is 5. The van der Waals surface area contributed by atoms with E-state index in [9.17, 15) is 17.2 Å². The number of hydrogen-bond acceptors (Lipinski definition) is 5. The van der Waals surface area contributed by atoms with Crippen molar-refractivity contribution in [1.29, 1.82) is 0 Å². The first kappa shape index (κ1) is 16.7. The van der Waals surface area contributed by atoms with Crippen LogP contribution in [0.25, 0.3) is 0 Å². The Morgan fingerprint density at radius 1 is 1.12 bits per heavy atom. The van der Waals surface area contributed by atoms with Crippen molar-refractivity contribution in [3.63, 3.8) is 0 Å². The minimum atomic E-state index is -4.06. The Hall–Kier alpha value is -2.13. The average molecular weight is 354 g/mol. The molecule has 0 atom stereocenters. The van der Waals surface area contributed by atoms with Gasteiger partial charge in [0.1, 0.15) is 23.3 Å². The van der Waals surface area contributed by atoms with Crippen molar-refractivity contribution in [3.05, 3.63) is 47.9 Å². The monoisotopic (exact) mass is 354 g/mol. The summed E-state index contributed by atoms with van der Waals surface area (Å²) in [5.74, 6) is -0.876. The molecule has 0 aliphatic carbocycles. The Kier molecular flexibility index (Phi) is 4.72. The first-order valence-corrected chi connectivity index (χ1v) is 8.95. The van der Waals surface area contributed by atoms with Crippen LogP contribution >= 0.6 is 0 Å². The van der Waals surface area contributed by atoms with Crippen LogP contribution in [-0.4, -0.2) is 31.5 Å². The molecule has 1 aliphatic rings. The van der Waals surface area contributed by atoms with Crippen molar-refractivity contribution >= 4 is 15.8 Å². The lowest BCUT2D eigenvalue weighted by atomic mass is 10.3. The first-order valence-electron chi connectivity index (χ1n) is 7.47. The number of sulfonamides is 1. The van der Waals surface area contributed by atoms with Crippen molar-refractivity contribution < 1.29 is 17.2 Å². The summed E-state index contributed by atoms with van der Waals surface area (Å²) < 4.78 is 52.9. The van der Waals surface area contributed by atoms with Gasteiger partial charge in [0, 0.05) is 25.4 Å². The van der Waals surface area contributed by atoms with Crippen molar-refractivity contribution in [1.82, 2.24) is 14.7 Å². The fraction of sp³-hybridized carbons (Fsp3) is 0.333. The number of nitrogens with one attached hydrogen (secondary N) is 1. The van der Waals surface area contributed by atoms with Gasteiger partial charge in [0.05, 0.1) is 11.4 Å². The average Bonchev–Trinajstić information content (AvgIpc) is 3.07. The van der Waals surface area contributed by atoms with E-state index in [1.165, 1.54) is 0 Å². The maximum atomic E-state index is 13.2. The van der Waals surface area contributed by atoms with E-state index in [2.05, 4.69) is 19.6 Å². The summed E-state index contributed by atoms with van der Waals surface area (Å²) in [5.41, 5.74) is 0. The van der Waals surface area contributed by atoms with Crippen LogP contribution in [-0.2, 0) is 16.6 Å². The molecule has 2 aromatic rings. The first-order chi connectivity index (χ1) is 11.4. The van der Waals surface area contributed by atoms with Crippen LogP contribution in [0.4, 0.5) is 14.6 Å². The van der Waals surface area contributed by atoms with Crippen molar-refractivity contribution in [2.45, 2.75) is 24.3 Å². The van der Waals surface area contributed by atoms with E-state index in [-0.39, 0.29) is 6.54 Å². The Balaban J connectivity index is 1.73. The molecule has 128 valence electrons. The molecule has 1 N–H and O–H groups in total. The number of benzene rings is 1. The molecule has 6 nitrogen and oxygen atoms in total. The highest BCUT2D eigenvalue weighted by Crippen LogP contribution is 2.17. The van der Waals surface area contributed by atoms with Crippen LogP contribution in [0, 0.1) is 11.6 Å². The lowest BCUT2D eigenvalue weighted by molar-refractivity contribution is 0.560. The summed E-state index contributed by atoms with van der Waals surface area (Å²) in [7, 11) is -4.06. The fourth-order valence-corrected chi connectivity index (χ4v) is 3.54. The molecule has 0 saturated carbocycles. The summed E-state index contributed by atoms with van der Waals surface area (Å²) in [6.07, 6.45) is 3.75. The maximum Gasteiger partial charge on any atom is 0.241 e. The maximum absolute atomic E-state index is 13.2. The predicted molar refractivity (Wildman–Crippen MR) is 83.9 cm³/mol. The van der Waals surface area contributed by atoms with Crippen molar-refractivity contribution in [2.75, 3.05) is 18.0 Å². The SMILES string of the molecule is O=S(=O)(NCc1nccc(N2CCCC2)n1)c1cc(F)cc(F)c1. The molecule has 0 unspecified atom stereocenters. The van der Waals surface area contributed by atoms with E-state index in [0.717, 1.165) is 43.9 Å². The van der Waals surface area contributed by atoms with E-state index in [0.29, 0.717) is 11.9 Å². The molecule has 0 spiro atoms. The summed E-state index contributed by atoms with van der Waals surface area (Å²) in [6.45, 7) is 1.65. The van der Waals surface area contributed by atoms with Crippen LogP contribution < -0.4 is 9.62 Å². The lowest BCUT2D eigenvalue weighted by Crippen LogP contribution is -2.25. The minimum absolute atomic E-state index is 0.165.